The Hall–Kier alpha value is -2.22. The number of nitrogen functional groups attached to an aromatic ring is 1. The van der Waals surface area contributed by atoms with Crippen LogP contribution in [-0.4, -0.2) is 8.94 Å². The van der Waals surface area contributed by atoms with Crippen LogP contribution in [0.2, 0.25) is 0 Å². The van der Waals surface area contributed by atoms with Gasteiger partial charge in [0, 0.05) is 12.1 Å². The Morgan fingerprint density at radius 3 is 2.67 bits per heavy atom. The zero-order valence-electron chi connectivity index (χ0n) is 10.6. The zero-order chi connectivity index (χ0) is 14.9. The maximum Gasteiger partial charge on any atom is 0.271 e. The van der Waals surface area contributed by atoms with Crippen molar-refractivity contribution in [3.8, 4) is 0 Å². The molecule has 0 atom stereocenters. The number of nitrogens with one attached hydrogen (secondary N) is 1. The molecule has 3 aromatic rings. The van der Waals surface area contributed by atoms with Crippen LogP contribution in [0.5, 0.6) is 0 Å². The molecule has 0 bridgehead atoms. The van der Waals surface area contributed by atoms with Crippen LogP contribution in [0.15, 0.2) is 15.7 Å². The van der Waals surface area contributed by atoms with Crippen LogP contribution in [-0.2, 0) is 0 Å². The summed E-state index contributed by atoms with van der Waals surface area (Å²) in [5.74, 6) is -2.36. The Morgan fingerprint density at radius 1 is 1.29 bits per heavy atom. The number of halogens is 2. The van der Waals surface area contributed by atoms with E-state index in [9.17, 15) is 18.4 Å². The molecule has 3 N–H and O–H groups in total. The maximum absolute atomic E-state index is 13.7. The Labute approximate surface area is 119 Å². The fourth-order valence-corrected chi connectivity index (χ4v) is 3.58. The summed E-state index contributed by atoms with van der Waals surface area (Å²) in [7, 11) is 0. The van der Waals surface area contributed by atoms with E-state index < -0.39 is 28.3 Å². The van der Waals surface area contributed by atoms with Crippen molar-refractivity contribution in [3.63, 3.8) is 0 Å². The number of aromatic amines is 1. The molecule has 1 aromatic carbocycles. The van der Waals surface area contributed by atoms with Gasteiger partial charge in [0.25, 0.3) is 5.56 Å². The molecule has 2 heterocycles. The summed E-state index contributed by atoms with van der Waals surface area (Å²) in [6.45, 7) is 0. The number of hydrogen-bond acceptors (Lipinski definition) is 4. The van der Waals surface area contributed by atoms with Crippen molar-refractivity contribution in [2.45, 2.75) is 18.9 Å². The van der Waals surface area contributed by atoms with Crippen molar-refractivity contribution >= 4 is 38.3 Å². The van der Waals surface area contributed by atoms with Gasteiger partial charge in [-0.25, -0.2) is 8.78 Å². The summed E-state index contributed by atoms with van der Waals surface area (Å²) in [6.07, 6.45) is 1.72. The number of nitrogens with zero attached hydrogens (tertiary/aromatic N) is 1. The third-order valence-corrected chi connectivity index (χ3v) is 4.64. The number of benzene rings is 1. The third kappa shape index (κ3) is 1.53. The highest BCUT2D eigenvalue weighted by molar-refractivity contribution is 7.12. The van der Waals surface area contributed by atoms with Crippen molar-refractivity contribution in [1.29, 1.82) is 0 Å². The van der Waals surface area contributed by atoms with Crippen molar-refractivity contribution < 1.29 is 8.78 Å². The number of pyridine rings is 1. The molecule has 2 aromatic heterocycles. The van der Waals surface area contributed by atoms with Gasteiger partial charge in [0.05, 0.1) is 16.6 Å². The number of anilines is 1. The maximum atomic E-state index is 13.7. The minimum absolute atomic E-state index is 0.0443. The molecule has 1 aliphatic rings. The molecular weight excluding hydrogens is 300 g/mol. The second-order valence-corrected chi connectivity index (χ2v) is 5.92. The lowest BCUT2D eigenvalue weighted by Gasteiger charge is -2.13. The number of hydrogen-bond donors (Lipinski definition) is 2. The fourth-order valence-electron chi connectivity index (χ4n) is 2.65. The number of fused-ring (bicyclic) bond motifs is 2. The molecule has 0 amide bonds. The number of nitrogens with two attached hydrogens (primary N) is 1. The molecule has 0 aliphatic heterocycles. The van der Waals surface area contributed by atoms with Crippen LogP contribution in [0, 0.1) is 11.6 Å². The second kappa shape index (κ2) is 3.91. The number of H-pyrrole nitrogens is 1. The first-order chi connectivity index (χ1) is 10.0. The van der Waals surface area contributed by atoms with Crippen molar-refractivity contribution in [2.24, 2.45) is 0 Å². The van der Waals surface area contributed by atoms with Gasteiger partial charge in [0.15, 0.2) is 11.6 Å². The summed E-state index contributed by atoms with van der Waals surface area (Å²) in [4.78, 5) is 24.7. The minimum atomic E-state index is -1.26. The molecule has 0 spiro atoms. The SMILES string of the molecule is Nc1c(F)c(F)cc2c1c(=O)c1c(=O)[nH]sc1n2C1CC1. The van der Waals surface area contributed by atoms with Crippen molar-refractivity contribution in [2.75, 3.05) is 5.73 Å². The Morgan fingerprint density at radius 2 is 2.00 bits per heavy atom. The molecule has 21 heavy (non-hydrogen) atoms. The normalized spacial score (nSPS) is 15.1. The highest BCUT2D eigenvalue weighted by atomic mass is 32.1. The minimum Gasteiger partial charge on any atom is -0.396 e. The van der Waals surface area contributed by atoms with E-state index in [1.165, 1.54) is 0 Å². The van der Waals surface area contributed by atoms with Crippen LogP contribution in [0.1, 0.15) is 18.9 Å². The van der Waals surface area contributed by atoms with Gasteiger partial charge >= 0.3 is 0 Å². The van der Waals surface area contributed by atoms with E-state index >= 15 is 0 Å². The van der Waals surface area contributed by atoms with Crippen LogP contribution < -0.4 is 16.7 Å². The van der Waals surface area contributed by atoms with Crippen LogP contribution in [0.4, 0.5) is 14.5 Å². The standard InChI is InChI=1S/C13H9F2N3O2S/c14-5-3-6-7(10(16)9(5)15)11(19)8-12(20)17-21-13(8)18(6)4-1-2-4/h3-4H,1-2,16H2,(H,17,20). The molecule has 0 radical (unpaired) electrons. The molecule has 108 valence electrons. The van der Waals surface area contributed by atoms with E-state index in [1.54, 1.807) is 4.57 Å². The van der Waals surface area contributed by atoms with Gasteiger partial charge in [-0.05, 0) is 24.4 Å². The highest BCUT2D eigenvalue weighted by Crippen LogP contribution is 2.40. The van der Waals surface area contributed by atoms with E-state index in [4.69, 9.17) is 5.73 Å². The first-order valence-corrected chi connectivity index (χ1v) is 7.15. The predicted octanol–water partition coefficient (Wildman–Crippen LogP) is 2.10. The molecule has 1 fully saturated rings. The van der Waals surface area contributed by atoms with E-state index in [2.05, 4.69) is 4.37 Å². The lowest BCUT2D eigenvalue weighted by Crippen LogP contribution is -2.17. The largest absolute Gasteiger partial charge is 0.396 e. The van der Waals surface area contributed by atoms with Gasteiger partial charge in [-0.3, -0.25) is 14.0 Å². The Kier molecular flexibility index (Phi) is 2.33. The van der Waals surface area contributed by atoms with E-state index in [1.807, 2.05) is 0 Å². The fraction of sp³-hybridized carbons (Fsp3) is 0.231. The predicted molar refractivity (Wildman–Crippen MR) is 76.8 cm³/mol. The van der Waals surface area contributed by atoms with Crippen molar-refractivity contribution in [3.05, 3.63) is 38.3 Å². The van der Waals surface area contributed by atoms with Crippen molar-refractivity contribution in [1.82, 2.24) is 8.94 Å². The van der Waals surface area contributed by atoms with E-state index in [0.29, 0.717) is 4.83 Å². The van der Waals surface area contributed by atoms with Gasteiger partial charge in [-0.2, -0.15) is 0 Å². The van der Waals surface area contributed by atoms with Crippen LogP contribution in [0.25, 0.3) is 21.1 Å². The first-order valence-electron chi connectivity index (χ1n) is 6.33. The van der Waals surface area contributed by atoms with Gasteiger partial charge < -0.3 is 10.3 Å². The second-order valence-electron chi connectivity index (χ2n) is 5.12. The quantitative estimate of drug-likeness (QED) is 0.675. The van der Waals surface area contributed by atoms with Crippen LogP contribution >= 0.6 is 11.5 Å². The van der Waals surface area contributed by atoms with Gasteiger partial charge in [0.1, 0.15) is 10.2 Å². The number of rotatable bonds is 1. The summed E-state index contributed by atoms with van der Waals surface area (Å²) in [6, 6.07) is 1.05. The average Bonchev–Trinajstić information content (AvgIpc) is 3.19. The summed E-state index contributed by atoms with van der Waals surface area (Å²) in [5.41, 5.74) is 4.09. The molecule has 0 unspecified atom stereocenters. The van der Waals surface area contributed by atoms with Crippen LogP contribution in [0.3, 0.4) is 0 Å². The molecule has 1 aliphatic carbocycles. The lowest BCUT2D eigenvalue weighted by atomic mass is 10.1. The first kappa shape index (κ1) is 12.5. The topological polar surface area (TPSA) is 80.9 Å². The monoisotopic (exact) mass is 309 g/mol. The van der Waals surface area contributed by atoms with Gasteiger partial charge in [-0.1, -0.05) is 0 Å². The zero-order valence-corrected chi connectivity index (χ0v) is 11.4. The van der Waals surface area contributed by atoms with E-state index in [-0.39, 0.29) is 22.3 Å². The molecular formula is C13H9F2N3O2S. The number of aromatic nitrogens is 2. The molecule has 4 rings (SSSR count). The molecule has 8 heteroatoms. The average molecular weight is 309 g/mol. The Balaban J connectivity index is 2.38. The van der Waals surface area contributed by atoms with Gasteiger partial charge in [-0.15, -0.1) is 0 Å². The van der Waals surface area contributed by atoms with E-state index in [0.717, 1.165) is 30.4 Å². The van der Waals surface area contributed by atoms with Gasteiger partial charge in [0.2, 0.25) is 5.43 Å². The summed E-state index contributed by atoms with van der Waals surface area (Å²) >= 11 is 1.02. The summed E-state index contributed by atoms with van der Waals surface area (Å²) < 4.78 is 31.6. The Bertz CT molecular complexity index is 1030. The third-order valence-electron chi connectivity index (χ3n) is 3.76. The summed E-state index contributed by atoms with van der Waals surface area (Å²) in [5, 5.41) is -0.172. The highest BCUT2D eigenvalue weighted by Gasteiger charge is 2.30. The lowest BCUT2D eigenvalue weighted by molar-refractivity contribution is 0.513. The molecule has 0 saturated heterocycles. The molecule has 1 saturated carbocycles. The molecule has 5 nitrogen and oxygen atoms in total. The smallest absolute Gasteiger partial charge is 0.271 e.